The number of fused-ring (bicyclic) bond motifs is 1. The average molecular weight is 284 g/mol. The standard InChI is InChI=1S/C15H16N4O2/c1-8-3-6-13(21-8)9(2)17-15-18-12-5-4-10(16)7-11(12)14(20)19-15/h3-7,9H,16H2,1-2H3,(H2,17,18,19,20). The van der Waals surface area contributed by atoms with Crippen molar-refractivity contribution in [2.45, 2.75) is 19.9 Å². The third-order valence-corrected chi connectivity index (χ3v) is 3.27. The van der Waals surface area contributed by atoms with Gasteiger partial charge in [-0.2, -0.15) is 0 Å². The molecule has 0 saturated carbocycles. The summed E-state index contributed by atoms with van der Waals surface area (Å²) in [4.78, 5) is 19.2. The monoisotopic (exact) mass is 284 g/mol. The van der Waals surface area contributed by atoms with Gasteiger partial charge in [-0.15, -0.1) is 0 Å². The Labute approximate surface area is 121 Å². The number of hydrogen-bond acceptors (Lipinski definition) is 5. The molecule has 2 heterocycles. The zero-order valence-electron chi connectivity index (χ0n) is 11.8. The summed E-state index contributed by atoms with van der Waals surface area (Å²) in [5.41, 5.74) is 6.59. The maximum atomic E-state index is 12.1. The molecule has 0 bridgehead atoms. The number of nitrogens with one attached hydrogen (secondary N) is 2. The molecule has 6 heteroatoms. The molecule has 3 aromatic rings. The van der Waals surface area contributed by atoms with Crippen molar-refractivity contribution in [3.8, 4) is 0 Å². The normalized spacial score (nSPS) is 12.5. The molecular weight excluding hydrogens is 268 g/mol. The summed E-state index contributed by atoms with van der Waals surface area (Å²) in [6, 6.07) is 8.75. The summed E-state index contributed by atoms with van der Waals surface area (Å²) in [6.45, 7) is 3.82. The largest absolute Gasteiger partial charge is 0.464 e. The van der Waals surface area contributed by atoms with Crippen LogP contribution < -0.4 is 16.6 Å². The number of nitrogen functional groups attached to an aromatic ring is 1. The lowest BCUT2D eigenvalue weighted by atomic mass is 10.2. The smallest absolute Gasteiger partial charge is 0.260 e. The zero-order chi connectivity index (χ0) is 15.0. The Morgan fingerprint density at radius 1 is 1.33 bits per heavy atom. The van der Waals surface area contributed by atoms with Gasteiger partial charge in [0.05, 0.1) is 16.9 Å². The van der Waals surface area contributed by atoms with Crippen molar-refractivity contribution in [1.29, 1.82) is 0 Å². The van der Waals surface area contributed by atoms with Crippen LogP contribution in [0.25, 0.3) is 10.9 Å². The van der Waals surface area contributed by atoms with Crippen LogP contribution in [0, 0.1) is 6.92 Å². The molecule has 1 unspecified atom stereocenters. The fourth-order valence-corrected chi connectivity index (χ4v) is 2.19. The van der Waals surface area contributed by atoms with Crippen molar-refractivity contribution >= 4 is 22.5 Å². The fraction of sp³-hybridized carbons (Fsp3) is 0.200. The van der Waals surface area contributed by atoms with Gasteiger partial charge in [-0.05, 0) is 44.2 Å². The predicted octanol–water partition coefficient (Wildman–Crippen LogP) is 2.58. The highest BCUT2D eigenvalue weighted by atomic mass is 16.3. The Bertz CT molecular complexity index is 850. The summed E-state index contributed by atoms with van der Waals surface area (Å²) in [6.07, 6.45) is 0. The van der Waals surface area contributed by atoms with Crippen LogP contribution in [0.3, 0.4) is 0 Å². The van der Waals surface area contributed by atoms with Crippen molar-refractivity contribution in [3.05, 3.63) is 52.2 Å². The van der Waals surface area contributed by atoms with Crippen molar-refractivity contribution in [2.75, 3.05) is 11.1 Å². The zero-order valence-corrected chi connectivity index (χ0v) is 11.8. The second-order valence-corrected chi connectivity index (χ2v) is 5.01. The van der Waals surface area contributed by atoms with E-state index in [1.165, 1.54) is 0 Å². The maximum Gasteiger partial charge on any atom is 0.260 e. The molecule has 0 spiro atoms. The topological polar surface area (TPSA) is 96.9 Å². The van der Waals surface area contributed by atoms with E-state index in [2.05, 4.69) is 15.3 Å². The molecule has 21 heavy (non-hydrogen) atoms. The highest BCUT2D eigenvalue weighted by Crippen LogP contribution is 2.20. The minimum absolute atomic E-state index is 0.104. The van der Waals surface area contributed by atoms with E-state index >= 15 is 0 Å². The van der Waals surface area contributed by atoms with Crippen molar-refractivity contribution < 1.29 is 4.42 Å². The van der Waals surface area contributed by atoms with E-state index in [1.807, 2.05) is 26.0 Å². The van der Waals surface area contributed by atoms with Gasteiger partial charge in [0.25, 0.3) is 5.56 Å². The lowest BCUT2D eigenvalue weighted by Crippen LogP contribution is -2.15. The first kappa shape index (κ1) is 13.2. The van der Waals surface area contributed by atoms with Crippen LogP contribution in [-0.4, -0.2) is 9.97 Å². The van der Waals surface area contributed by atoms with E-state index in [0.29, 0.717) is 22.5 Å². The fourth-order valence-electron chi connectivity index (χ4n) is 2.19. The minimum atomic E-state index is -0.224. The SMILES string of the molecule is Cc1ccc(C(C)Nc2nc3ccc(N)cc3c(=O)[nH]2)o1. The molecule has 0 radical (unpaired) electrons. The van der Waals surface area contributed by atoms with Crippen molar-refractivity contribution in [1.82, 2.24) is 9.97 Å². The summed E-state index contributed by atoms with van der Waals surface area (Å²) in [5, 5.41) is 3.60. The van der Waals surface area contributed by atoms with Crippen LogP contribution in [0.2, 0.25) is 0 Å². The van der Waals surface area contributed by atoms with Gasteiger partial charge < -0.3 is 15.5 Å². The van der Waals surface area contributed by atoms with Crippen LogP contribution in [0.15, 0.2) is 39.5 Å². The number of aryl methyl sites for hydroxylation is 1. The van der Waals surface area contributed by atoms with Crippen LogP contribution in [0.4, 0.5) is 11.6 Å². The third-order valence-electron chi connectivity index (χ3n) is 3.27. The first-order chi connectivity index (χ1) is 10.0. The molecule has 3 rings (SSSR count). The van der Waals surface area contributed by atoms with E-state index < -0.39 is 0 Å². The Morgan fingerprint density at radius 3 is 2.86 bits per heavy atom. The maximum absolute atomic E-state index is 12.1. The van der Waals surface area contributed by atoms with E-state index in [-0.39, 0.29) is 11.6 Å². The van der Waals surface area contributed by atoms with E-state index in [4.69, 9.17) is 10.2 Å². The lowest BCUT2D eigenvalue weighted by Gasteiger charge is -2.12. The van der Waals surface area contributed by atoms with Crippen LogP contribution >= 0.6 is 0 Å². The number of anilines is 2. The molecule has 2 aromatic heterocycles. The van der Waals surface area contributed by atoms with E-state index in [0.717, 1.165) is 11.5 Å². The first-order valence-corrected chi connectivity index (χ1v) is 6.65. The van der Waals surface area contributed by atoms with Gasteiger partial charge in [0.1, 0.15) is 11.5 Å². The Balaban J connectivity index is 1.94. The number of nitrogens with two attached hydrogens (primary N) is 1. The summed E-state index contributed by atoms with van der Waals surface area (Å²) in [7, 11) is 0. The number of aromatic nitrogens is 2. The van der Waals surface area contributed by atoms with E-state index in [9.17, 15) is 4.79 Å². The first-order valence-electron chi connectivity index (χ1n) is 6.65. The minimum Gasteiger partial charge on any atom is -0.464 e. The van der Waals surface area contributed by atoms with Crippen LogP contribution in [-0.2, 0) is 0 Å². The highest BCUT2D eigenvalue weighted by molar-refractivity contribution is 5.81. The van der Waals surface area contributed by atoms with Crippen molar-refractivity contribution in [3.63, 3.8) is 0 Å². The molecule has 0 fully saturated rings. The second-order valence-electron chi connectivity index (χ2n) is 5.01. The number of hydrogen-bond donors (Lipinski definition) is 3. The molecule has 0 aliphatic heterocycles. The van der Waals surface area contributed by atoms with Gasteiger partial charge >= 0.3 is 0 Å². The number of benzene rings is 1. The molecule has 0 amide bonds. The van der Waals surface area contributed by atoms with Gasteiger partial charge in [0.15, 0.2) is 0 Å². The van der Waals surface area contributed by atoms with Crippen molar-refractivity contribution in [2.24, 2.45) is 0 Å². The highest BCUT2D eigenvalue weighted by Gasteiger charge is 2.11. The number of aromatic amines is 1. The molecule has 4 N–H and O–H groups in total. The van der Waals surface area contributed by atoms with Gasteiger partial charge in [-0.25, -0.2) is 4.98 Å². The Hall–Kier alpha value is -2.76. The molecule has 6 nitrogen and oxygen atoms in total. The third kappa shape index (κ3) is 2.60. The Kier molecular flexibility index (Phi) is 3.13. The number of rotatable bonds is 3. The van der Waals surface area contributed by atoms with Crippen LogP contribution in [0.1, 0.15) is 24.5 Å². The molecular formula is C15H16N4O2. The van der Waals surface area contributed by atoms with E-state index in [1.54, 1.807) is 18.2 Å². The summed E-state index contributed by atoms with van der Waals surface area (Å²) in [5.74, 6) is 2.03. The molecule has 1 atom stereocenters. The average Bonchev–Trinajstić information content (AvgIpc) is 2.86. The predicted molar refractivity (Wildman–Crippen MR) is 82.3 cm³/mol. The molecule has 0 aliphatic rings. The Morgan fingerprint density at radius 2 is 2.14 bits per heavy atom. The van der Waals surface area contributed by atoms with Gasteiger partial charge in [0, 0.05) is 5.69 Å². The molecule has 1 aromatic carbocycles. The molecule has 0 aliphatic carbocycles. The summed E-state index contributed by atoms with van der Waals surface area (Å²) >= 11 is 0. The van der Waals surface area contributed by atoms with Gasteiger partial charge in [0.2, 0.25) is 5.95 Å². The van der Waals surface area contributed by atoms with Gasteiger partial charge in [-0.3, -0.25) is 9.78 Å². The summed E-state index contributed by atoms with van der Waals surface area (Å²) < 4.78 is 5.55. The lowest BCUT2D eigenvalue weighted by molar-refractivity contribution is 0.466. The molecule has 108 valence electrons. The number of nitrogens with zero attached hydrogens (tertiary/aromatic N) is 1. The number of H-pyrrole nitrogens is 1. The molecule has 0 saturated heterocycles. The second kappa shape index (κ2) is 4.97. The van der Waals surface area contributed by atoms with Gasteiger partial charge in [-0.1, -0.05) is 0 Å². The number of furan rings is 1. The van der Waals surface area contributed by atoms with Crippen LogP contribution in [0.5, 0.6) is 0 Å². The quantitative estimate of drug-likeness (QED) is 0.642.